The molecule has 1 rings (SSSR count). The average Bonchev–Trinajstić information content (AvgIpc) is 2.20. The first-order valence-corrected chi connectivity index (χ1v) is 10.5. The zero-order valence-corrected chi connectivity index (χ0v) is 19.1. The van der Waals surface area contributed by atoms with Gasteiger partial charge in [0.05, 0.1) is 0 Å². The van der Waals surface area contributed by atoms with Gasteiger partial charge in [0.2, 0.25) is 0 Å². The molecule has 0 fully saturated rings. The topological polar surface area (TPSA) is 18.5 Å². The first-order valence-electron chi connectivity index (χ1n) is 4.91. The molecule has 0 spiro atoms. The molecule has 2 nitrogen and oxygen atoms in total. The molecule has 0 heterocycles. The molecule has 0 aliphatic heterocycles. The standard InChI is InChI=1S/C10H14O.O.2Sn.5H/c1-4-9-5-6-10(11)8(3)7(9)2;;;;;;;;/h5-6,11H,4H2,1-3H3;;;;;;;;/q;;;+1;;;;;/p-1. The fourth-order valence-corrected chi connectivity index (χ4v) is 5.36. The van der Waals surface area contributed by atoms with Crippen LogP contribution in [0.25, 0.3) is 0 Å². The monoisotopic (exact) mass is 410 g/mol. The molecular formula is C10H18O2Sn2. The molecule has 0 atom stereocenters. The summed E-state index contributed by atoms with van der Waals surface area (Å²) in [5.41, 5.74) is 4.07. The quantitative estimate of drug-likeness (QED) is 0.679. The summed E-state index contributed by atoms with van der Waals surface area (Å²) in [4.78, 5) is 0. The molecule has 4 heteroatoms. The van der Waals surface area contributed by atoms with Crippen molar-refractivity contribution in [2.45, 2.75) is 27.2 Å². The van der Waals surface area contributed by atoms with Gasteiger partial charge in [-0.1, -0.05) is 0 Å². The van der Waals surface area contributed by atoms with E-state index < -0.39 is 22.0 Å². The van der Waals surface area contributed by atoms with E-state index in [2.05, 4.69) is 32.9 Å². The fraction of sp³-hybridized carbons (Fsp3) is 0.400. The fourth-order valence-electron chi connectivity index (χ4n) is 1.51. The van der Waals surface area contributed by atoms with Crippen LogP contribution in [0.1, 0.15) is 23.6 Å². The number of hydrogen-bond donors (Lipinski definition) is 0. The summed E-state index contributed by atoms with van der Waals surface area (Å²) in [5.74, 6) is 1.05. The van der Waals surface area contributed by atoms with Gasteiger partial charge in [-0.25, -0.2) is 0 Å². The van der Waals surface area contributed by atoms with Gasteiger partial charge in [0, 0.05) is 0 Å². The zero-order chi connectivity index (χ0) is 10.6. The molecule has 0 saturated heterocycles. The van der Waals surface area contributed by atoms with Crippen LogP contribution in [0.4, 0.5) is 0 Å². The molecule has 0 aliphatic rings. The van der Waals surface area contributed by atoms with Gasteiger partial charge in [0.25, 0.3) is 0 Å². The Morgan fingerprint density at radius 3 is 2.57 bits per heavy atom. The van der Waals surface area contributed by atoms with Gasteiger partial charge >= 0.3 is 111 Å². The van der Waals surface area contributed by atoms with E-state index in [0.717, 1.165) is 12.2 Å². The third-order valence-corrected chi connectivity index (χ3v) is 8.97. The molecule has 14 heavy (non-hydrogen) atoms. The molecule has 0 unspecified atom stereocenters. The SMILES string of the molecule is CCc1ccc([O][SnH2][O][SnH3])c(C)c1C. The first-order chi connectivity index (χ1) is 6.70. The molecule has 0 aliphatic carbocycles. The van der Waals surface area contributed by atoms with Crippen molar-refractivity contribution in [3.8, 4) is 5.75 Å². The summed E-state index contributed by atoms with van der Waals surface area (Å²) >= 11 is -0.976. The molecule has 0 aromatic heterocycles. The van der Waals surface area contributed by atoms with Crippen LogP contribution in [0.3, 0.4) is 0 Å². The van der Waals surface area contributed by atoms with E-state index in [9.17, 15) is 0 Å². The van der Waals surface area contributed by atoms with E-state index in [1.165, 1.54) is 16.7 Å². The van der Waals surface area contributed by atoms with Gasteiger partial charge < -0.3 is 0 Å². The van der Waals surface area contributed by atoms with Crippen molar-refractivity contribution < 1.29 is 4.49 Å². The van der Waals surface area contributed by atoms with Crippen molar-refractivity contribution in [2.75, 3.05) is 0 Å². The third-order valence-electron chi connectivity index (χ3n) is 2.56. The van der Waals surface area contributed by atoms with Crippen molar-refractivity contribution >= 4 is 44.9 Å². The maximum atomic E-state index is 5.71. The number of hydrogen-bond acceptors (Lipinski definition) is 2. The van der Waals surface area contributed by atoms with E-state index in [1.807, 2.05) is 0 Å². The van der Waals surface area contributed by atoms with Crippen LogP contribution >= 0.6 is 0 Å². The van der Waals surface area contributed by atoms with Gasteiger partial charge in [-0.05, 0) is 0 Å². The Bertz CT molecular complexity index is 313. The molecule has 0 saturated carbocycles. The van der Waals surface area contributed by atoms with Gasteiger partial charge in [-0.3, -0.25) is 0 Å². The van der Waals surface area contributed by atoms with Crippen LogP contribution in [0.5, 0.6) is 5.75 Å². The first kappa shape index (κ1) is 12.6. The van der Waals surface area contributed by atoms with Gasteiger partial charge in [0.15, 0.2) is 0 Å². The Morgan fingerprint density at radius 1 is 1.29 bits per heavy atom. The second-order valence-electron chi connectivity index (χ2n) is 3.38. The van der Waals surface area contributed by atoms with Crippen molar-refractivity contribution in [2.24, 2.45) is 0 Å². The number of aryl methyl sites for hydroxylation is 1. The van der Waals surface area contributed by atoms with Gasteiger partial charge in [-0.15, -0.1) is 0 Å². The zero-order valence-electron chi connectivity index (χ0n) is 9.39. The summed E-state index contributed by atoms with van der Waals surface area (Å²) < 4.78 is 11.0. The Morgan fingerprint density at radius 2 is 2.00 bits per heavy atom. The number of rotatable bonds is 4. The van der Waals surface area contributed by atoms with Crippen LogP contribution < -0.4 is 3.07 Å². The Balaban J connectivity index is 2.92. The van der Waals surface area contributed by atoms with Crippen molar-refractivity contribution in [3.63, 3.8) is 0 Å². The molecule has 78 valence electrons. The second-order valence-corrected chi connectivity index (χ2v) is 17.6. The van der Waals surface area contributed by atoms with E-state index in [1.54, 1.807) is 0 Å². The van der Waals surface area contributed by atoms with Gasteiger partial charge in [-0.2, -0.15) is 0 Å². The third kappa shape index (κ3) is 3.03. The van der Waals surface area contributed by atoms with Crippen LogP contribution in [0.2, 0.25) is 0 Å². The van der Waals surface area contributed by atoms with E-state index in [0.29, 0.717) is 22.9 Å². The van der Waals surface area contributed by atoms with E-state index in [4.69, 9.17) is 4.49 Å². The van der Waals surface area contributed by atoms with E-state index in [-0.39, 0.29) is 0 Å². The molecule has 1 aromatic carbocycles. The second kappa shape index (κ2) is 6.22. The summed E-state index contributed by atoms with van der Waals surface area (Å²) in [6.45, 7) is 6.49. The predicted molar refractivity (Wildman–Crippen MR) is 65.5 cm³/mol. The molecule has 0 bridgehead atoms. The summed E-state index contributed by atoms with van der Waals surface area (Å²) in [5, 5.41) is 0. The van der Waals surface area contributed by atoms with Crippen LogP contribution in [-0.4, -0.2) is 44.9 Å². The molecule has 0 radical (unpaired) electrons. The Hall–Kier alpha value is 0.577. The maximum absolute atomic E-state index is 5.71. The minimum atomic E-state index is -1.32. The van der Waals surface area contributed by atoms with E-state index >= 15 is 0 Å². The molecule has 0 N–H and O–H groups in total. The Kier molecular flexibility index (Phi) is 5.62. The summed E-state index contributed by atoms with van der Waals surface area (Å²) in [7, 11) is 0. The van der Waals surface area contributed by atoms with Crippen LogP contribution in [0.15, 0.2) is 12.1 Å². The van der Waals surface area contributed by atoms with Crippen molar-refractivity contribution in [1.82, 2.24) is 0 Å². The molecule has 1 aromatic rings. The Labute approximate surface area is 110 Å². The normalized spacial score (nSPS) is 11.4. The van der Waals surface area contributed by atoms with Crippen LogP contribution in [-0.2, 0) is 7.83 Å². The van der Waals surface area contributed by atoms with Crippen molar-refractivity contribution in [3.05, 3.63) is 28.8 Å². The number of benzene rings is 1. The minimum absolute atomic E-state index is 0.348. The average molecular weight is 408 g/mol. The van der Waals surface area contributed by atoms with Gasteiger partial charge in [0.1, 0.15) is 0 Å². The molecule has 0 amide bonds. The van der Waals surface area contributed by atoms with Crippen LogP contribution in [0, 0.1) is 13.8 Å². The summed E-state index contributed by atoms with van der Waals surface area (Å²) in [6, 6.07) is 4.26. The summed E-state index contributed by atoms with van der Waals surface area (Å²) in [6.07, 6.45) is 1.09. The van der Waals surface area contributed by atoms with Crippen molar-refractivity contribution in [1.29, 1.82) is 0 Å². The molecular weight excluding hydrogens is 390 g/mol. The predicted octanol–water partition coefficient (Wildman–Crippen LogP) is 0.540.